The van der Waals surface area contributed by atoms with Crippen LogP contribution >= 0.6 is 0 Å². The average Bonchev–Trinajstić information content (AvgIpc) is 3.76. The van der Waals surface area contributed by atoms with Crippen LogP contribution in [0.25, 0.3) is 16.9 Å². The monoisotopic (exact) mass is 612 g/mol. The van der Waals surface area contributed by atoms with Gasteiger partial charge in [0.15, 0.2) is 11.5 Å². The molecule has 2 N–H and O–H groups in total. The van der Waals surface area contributed by atoms with E-state index in [1.807, 2.05) is 19.1 Å². The Morgan fingerprint density at radius 2 is 1.82 bits per heavy atom. The third-order valence-corrected chi connectivity index (χ3v) is 11.7. The molecule has 0 amide bonds. The Labute approximate surface area is 263 Å². The van der Waals surface area contributed by atoms with Crippen molar-refractivity contribution in [3.05, 3.63) is 52.6 Å². The zero-order chi connectivity index (χ0) is 30.9. The van der Waals surface area contributed by atoms with Crippen LogP contribution in [-0.2, 0) is 23.4 Å². The molecule has 3 aromatic rings. The number of carbonyl (C=O) groups excluding carboxylic acids is 1. The Morgan fingerprint density at radius 3 is 2.56 bits per heavy atom. The number of likely N-dealkylation sites (tertiary alicyclic amines) is 2. The van der Waals surface area contributed by atoms with Crippen molar-refractivity contribution in [2.24, 2.45) is 5.92 Å². The summed E-state index contributed by atoms with van der Waals surface area (Å²) in [5.74, 6) is 2.20. The van der Waals surface area contributed by atoms with Crippen LogP contribution in [0.5, 0.6) is 0 Å². The summed E-state index contributed by atoms with van der Waals surface area (Å²) in [7, 11) is 0. The van der Waals surface area contributed by atoms with E-state index in [1.165, 1.54) is 12.8 Å². The minimum Gasteiger partial charge on any atom is -0.384 e. The van der Waals surface area contributed by atoms with Crippen molar-refractivity contribution in [1.29, 1.82) is 0 Å². The van der Waals surface area contributed by atoms with Crippen molar-refractivity contribution in [3.63, 3.8) is 0 Å². The number of ketones is 1. The van der Waals surface area contributed by atoms with E-state index in [4.69, 9.17) is 9.97 Å². The van der Waals surface area contributed by atoms with E-state index in [0.29, 0.717) is 84.5 Å². The number of allylic oxidation sites excluding steroid dienone is 1. The second-order valence-electron chi connectivity index (χ2n) is 14.2. The van der Waals surface area contributed by atoms with E-state index in [2.05, 4.69) is 26.7 Å². The molecule has 3 aromatic heterocycles. The summed E-state index contributed by atoms with van der Waals surface area (Å²) in [6.07, 6.45) is 12.5. The lowest BCUT2D eigenvalue weighted by Gasteiger charge is -2.43. The summed E-state index contributed by atoms with van der Waals surface area (Å²) in [5, 5.41) is 15.4. The van der Waals surface area contributed by atoms with Crippen molar-refractivity contribution in [3.8, 4) is 5.82 Å². The normalized spacial score (nSPS) is 30.5. The van der Waals surface area contributed by atoms with E-state index in [1.54, 1.807) is 21.6 Å². The number of aryl methyl sites for hydroxylation is 1. The molecule has 3 saturated carbocycles. The van der Waals surface area contributed by atoms with E-state index in [9.17, 15) is 14.7 Å². The molecule has 6 aliphatic rings. The van der Waals surface area contributed by atoms with Gasteiger partial charge in [-0.15, -0.1) is 6.58 Å². The molecule has 9 rings (SSSR count). The first-order chi connectivity index (χ1) is 21.8. The molecule has 5 heterocycles. The smallest absolute Gasteiger partial charge is 0.278 e. The average molecular weight is 613 g/mol. The maximum atomic E-state index is 13.5. The molecule has 2 bridgehead atoms. The molecule has 2 aliphatic heterocycles. The van der Waals surface area contributed by atoms with Crippen LogP contribution in [0.4, 0.5) is 5.95 Å². The highest BCUT2D eigenvalue weighted by Gasteiger charge is 2.58. The number of hydrogen-bond donors (Lipinski definition) is 2. The van der Waals surface area contributed by atoms with Gasteiger partial charge in [-0.05, 0) is 82.0 Å². The zero-order valence-corrected chi connectivity index (χ0v) is 26.2. The van der Waals surface area contributed by atoms with Crippen molar-refractivity contribution >= 4 is 22.8 Å². The number of rotatable bonds is 8. The number of nitrogens with zero attached hydrogens (tertiary/aromatic N) is 7. The largest absolute Gasteiger partial charge is 0.384 e. The summed E-state index contributed by atoms with van der Waals surface area (Å²) >= 11 is 0. The number of piperidine rings is 2. The van der Waals surface area contributed by atoms with Gasteiger partial charge in [0, 0.05) is 49.8 Å². The lowest BCUT2D eigenvalue weighted by Crippen LogP contribution is -2.50. The number of anilines is 1. The van der Waals surface area contributed by atoms with Crippen molar-refractivity contribution in [2.45, 2.75) is 101 Å². The molecule has 0 unspecified atom stereocenters. The van der Waals surface area contributed by atoms with E-state index in [0.717, 1.165) is 57.4 Å². The van der Waals surface area contributed by atoms with Crippen LogP contribution in [0.15, 0.2) is 35.8 Å². The van der Waals surface area contributed by atoms with Gasteiger partial charge < -0.3 is 10.4 Å². The summed E-state index contributed by atoms with van der Waals surface area (Å²) in [6, 6.07) is 5.12. The molecule has 4 aliphatic carbocycles. The molecule has 0 spiro atoms. The van der Waals surface area contributed by atoms with Gasteiger partial charge in [0.1, 0.15) is 16.8 Å². The Kier molecular flexibility index (Phi) is 6.99. The second-order valence-corrected chi connectivity index (χ2v) is 14.2. The highest BCUT2D eigenvalue weighted by atomic mass is 16.3. The van der Waals surface area contributed by atoms with Crippen LogP contribution in [0.3, 0.4) is 0 Å². The van der Waals surface area contributed by atoms with Gasteiger partial charge in [-0.1, -0.05) is 19.1 Å². The number of pyridine rings is 1. The molecule has 11 nitrogen and oxygen atoms in total. The van der Waals surface area contributed by atoms with Crippen molar-refractivity contribution in [1.82, 2.24) is 34.1 Å². The van der Waals surface area contributed by atoms with Gasteiger partial charge in [-0.25, -0.2) is 19.3 Å². The first-order valence-electron chi connectivity index (χ1n) is 16.9. The molecule has 2 atom stereocenters. The van der Waals surface area contributed by atoms with Gasteiger partial charge in [-0.3, -0.25) is 19.4 Å². The third kappa shape index (κ3) is 4.77. The zero-order valence-electron chi connectivity index (χ0n) is 26.2. The summed E-state index contributed by atoms with van der Waals surface area (Å²) < 4.78 is 3.36. The molecule has 0 aromatic carbocycles. The Bertz CT molecular complexity index is 1710. The lowest BCUT2D eigenvalue weighted by molar-refractivity contribution is -0.122. The van der Waals surface area contributed by atoms with Gasteiger partial charge >= 0.3 is 0 Å². The quantitative estimate of drug-likeness (QED) is 0.370. The van der Waals surface area contributed by atoms with Crippen molar-refractivity contribution in [2.75, 3.05) is 31.5 Å². The Balaban J connectivity index is 1.02. The number of Topliss-reactive ketones (excluding diaryl/α,β-unsaturated/α-hetero) is 1. The van der Waals surface area contributed by atoms with E-state index >= 15 is 0 Å². The van der Waals surface area contributed by atoms with Crippen molar-refractivity contribution < 1.29 is 9.90 Å². The summed E-state index contributed by atoms with van der Waals surface area (Å²) in [5.41, 5.74) is 1.09. The Morgan fingerprint density at radius 1 is 1.04 bits per heavy atom. The first kappa shape index (κ1) is 29.0. The predicted octanol–water partition coefficient (Wildman–Crippen LogP) is 3.17. The van der Waals surface area contributed by atoms with Gasteiger partial charge in [0.05, 0.1) is 12.2 Å². The summed E-state index contributed by atoms with van der Waals surface area (Å²) in [4.78, 5) is 45.0. The maximum absolute atomic E-state index is 13.5. The van der Waals surface area contributed by atoms with Crippen LogP contribution in [0.1, 0.15) is 76.0 Å². The topological polar surface area (TPSA) is 121 Å². The van der Waals surface area contributed by atoms with Gasteiger partial charge in [0.25, 0.3) is 5.56 Å². The molecular formula is C34H44N8O3. The number of hydrogen-bond acceptors (Lipinski definition) is 9. The predicted molar refractivity (Wildman–Crippen MR) is 172 cm³/mol. The van der Waals surface area contributed by atoms with Crippen LogP contribution in [0.2, 0.25) is 0 Å². The number of nitrogens with one attached hydrogen (secondary N) is 1. The van der Waals surface area contributed by atoms with E-state index in [-0.39, 0.29) is 11.1 Å². The second kappa shape index (κ2) is 10.8. The minimum atomic E-state index is -0.957. The number of aliphatic hydroxyl groups is 1. The van der Waals surface area contributed by atoms with Crippen LogP contribution in [-0.4, -0.2) is 88.8 Å². The standard InChI is InChI=1S/C34H44N8O3/c1-3-13-41-31(44)26-21-35-32(37-30(26)42(41)28-6-5-22-7-12-34(45,4-2)29(22)36-28)38-33-18-23(19-33)27(20-33)40-14-8-24(9-15-40)39-16-10-25(43)11-17-39/h3,5-6,21,23-24,27,45H,1,4,7-20H2,2H3,(H,35,37,38)/t23?,27-,33?,34-/m1/s1. The maximum Gasteiger partial charge on any atom is 0.278 e. The van der Waals surface area contributed by atoms with E-state index < -0.39 is 5.60 Å². The Hall–Kier alpha value is -3.41. The van der Waals surface area contributed by atoms with Gasteiger partial charge in [0.2, 0.25) is 5.95 Å². The third-order valence-electron chi connectivity index (χ3n) is 11.7. The molecule has 0 radical (unpaired) electrons. The first-order valence-corrected chi connectivity index (χ1v) is 16.9. The number of fused-ring (bicyclic) bond motifs is 3. The highest BCUT2D eigenvalue weighted by Crippen LogP contribution is 2.55. The molecule has 238 valence electrons. The number of carbonyl (C=O) groups is 1. The fraction of sp³-hybridized carbons (Fsp3) is 0.618. The molecule has 45 heavy (non-hydrogen) atoms. The van der Waals surface area contributed by atoms with Gasteiger partial charge in [-0.2, -0.15) is 4.98 Å². The van der Waals surface area contributed by atoms with Crippen LogP contribution in [0, 0.1) is 5.92 Å². The SMILES string of the molecule is C=CCn1c(=O)c2cnc(NC34CC(C3)[C@H](N3CCC(N5CCC(=O)CC5)CC3)C4)nc2n1-c1ccc2c(n1)[C@@](O)(CC)CC2. The molecule has 2 saturated heterocycles. The molecule has 11 heteroatoms. The summed E-state index contributed by atoms with van der Waals surface area (Å²) in [6.45, 7) is 10.3. The highest BCUT2D eigenvalue weighted by molar-refractivity contribution is 5.79. The fourth-order valence-electron chi connectivity index (χ4n) is 9.10. The van der Waals surface area contributed by atoms with Crippen LogP contribution < -0.4 is 10.9 Å². The fourth-order valence-corrected chi connectivity index (χ4v) is 9.10. The lowest BCUT2D eigenvalue weighted by atomic mass is 9.76. The minimum absolute atomic E-state index is 0.0225. The molecule has 5 fully saturated rings. The number of aromatic nitrogens is 5. The molecular weight excluding hydrogens is 568 g/mol.